The fourth-order valence-electron chi connectivity index (χ4n) is 2.86. The van der Waals surface area contributed by atoms with E-state index < -0.39 is 17.7 Å². The van der Waals surface area contributed by atoms with Crippen molar-refractivity contribution in [2.24, 2.45) is 5.92 Å². The van der Waals surface area contributed by atoms with Gasteiger partial charge in [-0.05, 0) is 43.9 Å². The molecule has 3 rings (SSSR count). The number of nitrogens with one attached hydrogen (secondary N) is 1. The van der Waals surface area contributed by atoms with Crippen LogP contribution in [0.3, 0.4) is 0 Å². The number of benzene rings is 1. The quantitative estimate of drug-likeness (QED) is 0.826. The Morgan fingerprint density at radius 1 is 1.41 bits per heavy atom. The van der Waals surface area contributed by atoms with E-state index in [9.17, 15) is 14.7 Å². The molecule has 7 heteroatoms. The first-order valence-corrected chi connectivity index (χ1v) is 7.85. The van der Waals surface area contributed by atoms with E-state index in [0.717, 1.165) is 17.7 Å². The van der Waals surface area contributed by atoms with Gasteiger partial charge >= 0.3 is 6.03 Å². The van der Waals surface area contributed by atoms with Crippen molar-refractivity contribution in [1.82, 2.24) is 10.2 Å². The van der Waals surface area contributed by atoms with Gasteiger partial charge < -0.3 is 10.4 Å². The van der Waals surface area contributed by atoms with Gasteiger partial charge in [0.25, 0.3) is 5.91 Å². The Hall–Kier alpha value is -1.30. The minimum atomic E-state index is -1.08. The van der Waals surface area contributed by atoms with Crippen molar-refractivity contribution in [3.05, 3.63) is 33.8 Å². The first kappa shape index (κ1) is 15.6. The summed E-state index contributed by atoms with van der Waals surface area (Å²) in [5.74, 6) is -0.113. The van der Waals surface area contributed by atoms with Crippen molar-refractivity contribution in [3.8, 4) is 0 Å². The lowest BCUT2D eigenvalue weighted by molar-refractivity contribution is -0.132. The molecule has 1 saturated carbocycles. The minimum absolute atomic E-state index is 0.146. The van der Waals surface area contributed by atoms with Gasteiger partial charge in [0.15, 0.2) is 0 Å². The number of aliphatic hydroxyl groups is 1. The highest BCUT2D eigenvalue weighted by Gasteiger charge is 2.56. The van der Waals surface area contributed by atoms with Gasteiger partial charge in [-0.1, -0.05) is 23.2 Å². The van der Waals surface area contributed by atoms with Gasteiger partial charge in [0.05, 0.1) is 12.6 Å². The van der Waals surface area contributed by atoms with Gasteiger partial charge in [-0.15, -0.1) is 0 Å². The lowest BCUT2D eigenvalue weighted by Gasteiger charge is -2.22. The molecule has 118 valence electrons. The number of halogens is 2. The van der Waals surface area contributed by atoms with E-state index in [1.807, 2.05) is 0 Å². The van der Waals surface area contributed by atoms with E-state index in [1.165, 1.54) is 6.07 Å². The van der Waals surface area contributed by atoms with Gasteiger partial charge in [0.1, 0.15) is 5.54 Å². The van der Waals surface area contributed by atoms with Crippen molar-refractivity contribution in [2.75, 3.05) is 6.54 Å². The van der Waals surface area contributed by atoms with Gasteiger partial charge in [-0.2, -0.15) is 0 Å². The first-order chi connectivity index (χ1) is 10.3. The van der Waals surface area contributed by atoms with Gasteiger partial charge in [-0.3, -0.25) is 9.69 Å². The van der Waals surface area contributed by atoms with Crippen LogP contribution in [0.15, 0.2) is 18.2 Å². The van der Waals surface area contributed by atoms with Crippen molar-refractivity contribution in [1.29, 1.82) is 0 Å². The number of rotatable bonds is 4. The zero-order valence-corrected chi connectivity index (χ0v) is 13.5. The molecule has 0 spiro atoms. The lowest BCUT2D eigenvalue weighted by atomic mass is 9.96. The maximum atomic E-state index is 12.5. The molecule has 5 nitrogen and oxygen atoms in total. The molecule has 1 aliphatic heterocycles. The average Bonchev–Trinajstić information content (AvgIpc) is 3.28. The van der Waals surface area contributed by atoms with Crippen LogP contribution in [-0.2, 0) is 4.79 Å². The summed E-state index contributed by atoms with van der Waals surface area (Å²) in [6.45, 7) is 1.59. The number of aliphatic hydroxyl groups excluding tert-OH is 1. The van der Waals surface area contributed by atoms with Crippen LogP contribution in [0, 0.1) is 5.92 Å². The number of carbonyl (C=O) groups excluding carboxylic acids is 2. The van der Waals surface area contributed by atoms with Gasteiger partial charge in [0, 0.05) is 15.6 Å². The molecule has 0 aromatic heterocycles. The molecule has 1 heterocycles. The predicted molar refractivity (Wildman–Crippen MR) is 82.8 cm³/mol. The van der Waals surface area contributed by atoms with Crippen molar-refractivity contribution < 1.29 is 14.7 Å². The number of hydrogen-bond donors (Lipinski definition) is 2. The van der Waals surface area contributed by atoms with Crippen LogP contribution in [0.2, 0.25) is 10.0 Å². The van der Waals surface area contributed by atoms with Crippen LogP contribution < -0.4 is 5.32 Å². The number of β-amino-alcohol motifs (C(OH)–C–C–N with tert-alkyl or cyclic N) is 1. The van der Waals surface area contributed by atoms with E-state index in [0.29, 0.717) is 15.6 Å². The van der Waals surface area contributed by atoms with E-state index in [4.69, 9.17) is 23.2 Å². The molecule has 0 unspecified atom stereocenters. The molecule has 3 amide bonds. The largest absolute Gasteiger partial charge is 0.386 e. The van der Waals surface area contributed by atoms with E-state index in [1.54, 1.807) is 19.1 Å². The average molecular weight is 343 g/mol. The molecule has 1 aromatic rings. The van der Waals surface area contributed by atoms with Crippen molar-refractivity contribution in [3.63, 3.8) is 0 Å². The first-order valence-electron chi connectivity index (χ1n) is 7.10. The molecule has 2 N–H and O–H groups in total. The minimum Gasteiger partial charge on any atom is -0.386 e. The molecule has 2 aliphatic rings. The normalized spacial score (nSPS) is 26.3. The SMILES string of the molecule is C[C@]1(C2CC2)NC(=O)N(C[C@H](O)c2cc(Cl)ccc2Cl)C1=O. The van der Waals surface area contributed by atoms with Gasteiger partial charge in [0.2, 0.25) is 0 Å². The second-order valence-corrected chi connectivity index (χ2v) is 6.85. The third-order valence-corrected chi connectivity index (χ3v) is 4.95. The molecule has 2 atom stereocenters. The molecule has 22 heavy (non-hydrogen) atoms. The number of urea groups is 1. The second kappa shape index (κ2) is 5.41. The zero-order valence-electron chi connectivity index (χ0n) is 12.0. The number of carbonyl (C=O) groups is 2. The van der Waals surface area contributed by atoms with Crippen LogP contribution in [0.4, 0.5) is 4.79 Å². The Morgan fingerprint density at radius 2 is 2.09 bits per heavy atom. The highest BCUT2D eigenvalue weighted by molar-refractivity contribution is 6.33. The number of amides is 3. The summed E-state index contributed by atoms with van der Waals surface area (Å²) in [7, 11) is 0. The molecule has 0 radical (unpaired) electrons. The van der Waals surface area contributed by atoms with E-state index in [-0.39, 0.29) is 18.4 Å². The Labute approximate surface area is 138 Å². The highest BCUT2D eigenvalue weighted by atomic mass is 35.5. The van der Waals surface area contributed by atoms with Crippen molar-refractivity contribution >= 4 is 35.1 Å². The fraction of sp³-hybridized carbons (Fsp3) is 0.467. The fourth-order valence-corrected chi connectivity index (χ4v) is 3.28. The third-order valence-electron chi connectivity index (χ3n) is 4.37. The summed E-state index contributed by atoms with van der Waals surface area (Å²) < 4.78 is 0. The Kier molecular flexibility index (Phi) is 3.83. The van der Waals surface area contributed by atoms with Gasteiger partial charge in [-0.25, -0.2) is 4.79 Å². The van der Waals surface area contributed by atoms with E-state index >= 15 is 0 Å². The highest BCUT2D eigenvalue weighted by Crippen LogP contribution is 2.43. The maximum absolute atomic E-state index is 12.5. The summed E-state index contributed by atoms with van der Waals surface area (Å²) in [5, 5.41) is 13.8. The summed E-state index contributed by atoms with van der Waals surface area (Å²) in [4.78, 5) is 25.6. The Morgan fingerprint density at radius 3 is 2.73 bits per heavy atom. The Bertz CT molecular complexity index is 648. The third kappa shape index (κ3) is 2.57. The summed E-state index contributed by atoms with van der Waals surface area (Å²) in [6, 6.07) is 4.24. The molecular weight excluding hydrogens is 327 g/mol. The van der Waals surface area contributed by atoms with E-state index in [2.05, 4.69) is 5.32 Å². The summed E-state index contributed by atoms with van der Waals surface area (Å²) >= 11 is 11.9. The monoisotopic (exact) mass is 342 g/mol. The molecule has 0 bridgehead atoms. The summed E-state index contributed by atoms with van der Waals surface area (Å²) in [5.41, 5.74) is -0.454. The molecule has 1 aromatic carbocycles. The zero-order chi connectivity index (χ0) is 16.1. The number of hydrogen-bond acceptors (Lipinski definition) is 3. The second-order valence-electron chi connectivity index (χ2n) is 6.00. The van der Waals surface area contributed by atoms with Crippen LogP contribution in [-0.4, -0.2) is 34.0 Å². The van der Waals surface area contributed by atoms with Crippen LogP contribution in [0.5, 0.6) is 0 Å². The van der Waals surface area contributed by atoms with Crippen LogP contribution in [0.1, 0.15) is 31.4 Å². The molecular formula is C15H16Cl2N2O3. The molecule has 2 fully saturated rings. The number of nitrogens with zero attached hydrogens (tertiary/aromatic N) is 1. The van der Waals surface area contributed by atoms with Crippen molar-refractivity contribution in [2.45, 2.75) is 31.4 Å². The maximum Gasteiger partial charge on any atom is 0.325 e. The number of imide groups is 1. The van der Waals surface area contributed by atoms with Crippen LogP contribution >= 0.6 is 23.2 Å². The Balaban J connectivity index is 1.79. The molecule has 1 aliphatic carbocycles. The summed E-state index contributed by atoms with van der Waals surface area (Å²) in [6.07, 6.45) is 0.778. The van der Waals surface area contributed by atoms with Crippen LogP contribution in [0.25, 0.3) is 0 Å². The topological polar surface area (TPSA) is 69.6 Å². The lowest BCUT2D eigenvalue weighted by Crippen LogP contribution is -2.46. The standard InChI is InChI=1S/C15H16Cl2N2O3/c1-15(8-2-3-8)13(21)19(14(22)18-15)7-12(20)10-6-9(16)4-5-11(10)17/h4-6,8,12,20H,2-3,7H2,1H3,(H,18,22)/t12-,15+/m0/s1. The molecule has 1 saturated heterocycles. The predicted octanol–water partition coefficient (Wildman–Crippen LogP) is 2.75. The smallest absolute Gasteiger partial charge is 0.325 e.